The van der Waals surface area contributed by atoms with Crippen LogP contribution in [0.2, 0.25) is 0 Å². The van der Waals surface area contributed by atoms with Gasteiger partial charge in [-0.3, -0.25) is 4.79 Å². The van der Waals surface area contributed by atoms with E-state index in [1.54, 1.807) is 0 Å². The van der Waals surface area contributed by atoms with Crippen LogP contribution in [-0.4, -0.2) is 31.8 Å². The molecule has 0 saturated carbocycles. The lowest BCUT2D eigenvalue weighted by Gasteiger charge is -2.34. The summed E-state index contributed by atoms with van der Waals surface area (Å²) in [5.74, 6) is -0.530. The van der Waals surface area contributed by atoms with Crippen LogP contribution in [-0.2, 0) is 20.4 Å². The molecule has 1 aromatic carbocycles. The molecule has 0 amide bonds. The average molecular weight is 317 g/mol. The molecule has 1 aliphatic rings. The van der Waals surface area contributed by atoms with Crippen molar-refractivity contribution in [3.05, 3.63) is 35.4 Å². The first-order chi connectivity index (χ1) is 10.3. The maximum absolute atomic E-state index is 12.6. The molecule has 0 radical (unpaired) electrons. The summed E-state index contributed by atoms with van der Waals surface area (Å²) < 4.78 is 47.8. The number of carbonyl (C=O) groups is 1. The minimum Gasteiger partial charge on any atom is -0.469 e. The highest BCUT2D eigenvalue weighted by molar-refractivity contribution is 5.69. The predicted octanol–water partition coefficient (Wildman–Crippen LogP) is 2.47. The number of methoxy groups -OCH3 is 1. The third kappa shape index (κ3) is 3.98. The second kappa shape index (κ2) is 6.66. The van der Waals surface area contributed by atoms with E-state index in [2.05, 4.69) is 4.74 Å². The van der Waals surface area contributed by atoms with Gasteiger partial charge in [-0.15, -0.1) is 0 Å². The maximum atomic E-state index is 12.6. The van der Waals surface area contributed by atoms with Crippen LogP contribution in [0.25, 0.3) is 0 Å². The standard InChI is InChI=1S/C15H18F3NO3/c1-21-14(20)7-11-6-12(13(19)8-22-11)9-2-4-10(5-3-9)15(16,17)18/h2-5,11-13H,6-8,19H2,1H3. The minimum atomic E-state index is -4.36. The summed E-state index contributed by atoms with van der Waals surface area (Å²) in [6, 6.07) is 4.66. The van der Waals surface area contributed by atoms with Crippen LogP contribution in [0.3, 0.4) is 0 Å². The van der Waals surface area contributed by atoms with Gasteiger partial charge in [-0.1, -0.05) is 12.1 Å². The molecular weight excluding hydrogens is 299 g/mol. The Labute approximate surface area is 126 Å². The van der Waals surface area contributed by atoms with Gasteiger partial charge in [-0.2, -0.15) is 13.2 Å². The van der Waals surface area contributed by atoms with Crippen LogP contribution in [0.15, 0.2) is 24.3 Å². The Morgan fingerprint density at radius 1 is 1.36 bits per heavy atom. The number of halogens is 3. The van der Waals surface area contributed by atoms with Crippen LogP contribution >= 0.6 is 0 Å². The van der Waals surface area contributed by atoms with Gasteiger partial charge in [-0.25, -0.2) is 0 Å². The fourth-order valence-electron chi connectivity index (χ4n) is 2.60. The van der Waals surface area contributed by atoms with Crippen molar-refractivity contribution in [1.29, 1.82) is 0 Å². The summed E-state index contributed by atoms with van der Waals surface area (Å²) in [5.41, 5.74) is 6.03. The van der Waals surface area contributed by atoms with Crippen LogP contribution in [0.4, 0.5) is 13.2 Å². The lowest BCUT2D eigenvalue weighted by molar-refractivity contribution is -0.145. The number of alkyl halides is 3. The van der Waals surface area contributed by atoms with E-state index in [0.717, 1.165) is 17.7 Å². The molecule has 22 heavy (non-hydrogen) atoms. The molecule has 0 bridgehead atoms. The smallest absolute Gasteiger partial charge is 0.416 e. The van der Waals surface area contributed by atoms with Gasteiger partial charge < -0.3 is 15.2 Å². The summed E-state index contributed by atoms with van der Waals surface area (Å²) >= 11 is 0. The molecule has 122 valence electrons. The molecule has 1 heterocycles. The SMILES string of the molecule is COC(=O)CC1CC(c2ccc(C(F)(F)F)cc2)C(N)CO1. The van der Waals surface area contributed by atoms with Gasteiger partial charge in [0.25, 0.3) is 0 Å². The number of hydrogen-bond acceptors (Lipinski definition) is 4. The molecule has 3 unspecified atom stereocenters. The molecule has 0 aromatic heterocycles. The first kappa shape index (κ1) is 16.8. The highest BCUT2D eigenvalue weighted by atomic mass is 19.4. The number of nitrogens with two attached hydrogens (primary N) is 1. The normalized spacial score (nSPS) is 25.8. The summed E-state index contributed by atoms with van der Waals surface area (Å²) in [6.07, 6.45) is -4.11. The molecule has 4 nitrogen and oxygen atoms in total. The lowest BCUT2D eigenvalue weighted by Crippen LogP contribution is -2.42. The first-order valence-corrected chi connectivity index (χ1v) is 6.92. The van der Waals surface area contributed by atoms with Gasteiger partial charge in [-0.05, 0) is 24.1 Å². The fourth-order valence-corrected chi connectivity index (χ4v) is 2.60. The zero-order valence-electron chi connectivity index (χ0n) is 12.1. The third-order valence-electron chi connectivity index (χ3n) is 3.85. The molecule has 2 rings (SSSR count). The predicted molar refractivity (Wildman–Crippen MR) is 73.2 cm³/mol. The molecular formula is C15H18F3NO3. The summed E-state index contributed by atoms with van der Waals surface area (Å²) in [5, 5.41) is 0. The van der Waals surface area contributed by atoms with E-state index in [9.17, 15) is 18.0 Å². The van der Waals surface area contributed by atoms with E-state index in [1.165, 1.54) is 19.2 Å². The van der Waals surface area contributed by atoms with Gasteiger partial charge in [0.15, 0.2) is 0 Å². The molecule has 3 atom stereocenters. The summed E-state index contributed by atoms with van der Waals surface area (Å²) in [6.45, 7) is 0.257. The van der Waals surface area contributed by atoms with Crippen molar-refractivity contribution in [2.24, 2.45) is 5.73 Å². The van der Waals surface area contributed by atoms with Crippen LogP contribution in [0.5, 0.6) is 0 Å². The highest BCUT2D eigenvalue weighted by Crippen LogP contribution is 2.34. The topological polar surface area (TPSA) is 61.5 Å². The first-order valence-electron chi connectivity index (χ1n) is 6.92. The monoisotopic (exact) mass is 317 g/mol. The molecule has 2 N–H and O–H groups in total. The Morgan fingerprint density at radius 2 is 2.00 bits per heavy atom. The Bertz CT molecular complexity index is 516. The summed E-state index contributed by atoms with van der Waals surface area (Å²) in [4.78, 5) is 11.3. The Balaban J connectivity index is 2.10. The van der Waals surface area contributed by atoms with Crippen molar-refractivity contribution >= 4 is 5.97 Å². The van der Waals surface area contributed by atoms with Crippen LogP contribution in [0.1, 0.15) is 29.9 Å². The van der Waals surface area contributed by atoms with Crippen LogP contribution < -0.4 is 5.73 Å². The van der Waals surface area contributed by atoms with Crippen molar-refractivity contribution in [2.45, 2.75) is 37.1 Å². The zero-order chi connectivity index (χ0) is 16.3. The Hall–Kier alpha value is -1.60. The van der Waals surface area contributed by atoms with Crippen LogP contribution in [0, 0.1) is 0 Å². The van der Waals surface area contributed by atoms with E-state index in [-0.39, 0.29) is 37.1 Å². The summed E-state index contributed by atoms with van der Waals surface area (Å²) in [7, 11) is 1.30. The van der Waals surface area contributed by atoms with E-state index >= 15 is 0 Å². The number of benzene rings is 1. The zero-order valence-corrected chi connectivity index (χ0v) is 12.1. The molecule has 1 aliphatic heterocycles. The Kier molecular flexibility index (Phi) is 5.08. The second-order valence-corrected chi connectivity index (χ2v) is 5.36. The van der Waals surface area contributed by atoms with Gasteiger partial charge in [0, 0.05) is 12.0 Å². The van der Waals surface area contributed by atoms with Crippen molar-refractivity contribution in [3.8, 4) is 0 Å². The molecule has 1 fully saturated rings. The number of carbonyl (C=O) groups excluding carboxylic acids is 1. The van der Waals surface area contributed by atoms with Gasteiger partial charge >= 0.3 is 12.1 Å². The number of ether oxygens (including phenoxy) is 2. The minimum absolute atomic E-state index is 0.111. The third-order valence-corrected chi connectivity index (χ3v) is 3.85. The van der Waals surface area contributed by atoms with E-state index < -0.39 is 11.7 Å². The van der Waals surface area contributed by atoms with E-state index in [4.69, 9.17) is 10.5 Å². The van der Waals surface area contributed by atoms with Gasteiger partial charge in [0.1, 0.15) is 0 Å². The Morgan fingerprint density at radius 3 is 2.55 bits per heavy atom. The molecule has 1 saturated heterocycles. The molecule has 0 aliphatic carbocycles. The second-order valence-electron chi connectivity index (χ2n) is 5.36. The highest BCUT2D eigenvalue weighted by Gasteiger charge is 2.33. The number of hydrogen-bond donors (Lipinski definition) is 1. The molecule has 7 heteroatoms. The lowest BCUT2D eigenvalue weighted by atomic mass is 9.84. The van der Waals surface area contributed by atoms with Gasteiger partial charge in [0.2, 0.25) is 0 Å². The quantitative estimate of drug-likeness (QED) is 0.870. The average Bonchev–Trinajstić information content (AvgIpc) is 2.48. The van der Waals surface area contributed by atoms with Crippen molar-refractivity contribution < 1.29 is 27.4 Å². The maximum Gasteiger partial charge on any atom is 0.416 e. The molecule has 1 aromatic rings. The number of rotatable bonds is 3. The van der Waals surface area contributed by atoms with Crippen molar-refractivity contribution in [1.82, 2.24) is 0 Å². The largest absolute Gasteiger partial charge is 0.469 e. The van der Waals surface area contributed by atoms with E-state index in [0.29, 0.717) is 6.42 Å². The van der Waals surface area contributed by atoms with Crippen molar-refractivity contribution in [2.75, 3.05) is 13.7 Å². The van der Waals surface area contributed by atoms with E-state index in [1.807, 2.05) is 0 Å². The molecule has 0 spiro atoms. The number of esters is 1. The fraction of sp³-hybridized carbons (Fsp3) is 0.533. The van der Waals surface area contributed by atoms with Crippen molar-refractivity contribution in [3.63, 3.8) is 0 Å². The van der Waals surface area contributed by atoms with Gasteiger partial charge in [0.05, 0.1) is 31.8 Å².